The molecule has 80 valence electrons. The minimum absolute atomic E-state index is 0.163. The van der Waals surface area contributed by atoms with E-state index in [4.69, 9.17) is 9.84 Å². The topological polar surface area (TPSA) is 49.8 Å². The van der Waals surface area contributed by atoms with E-state index in [1.807, 2.05) is 0 Å². The highest BCUT2D eigenvalue weighted by atomic mass is 16.5. The van der Waals surface area contributed by atoms with Crippen molar-refractivity contribution in [3.05, 3.63) is 0 Å². The summed E-state index contributed by atoms with van der Waals surface area (Å²) in [7, 11) is 0. The number of piperidine rings is 1. The summed E-state index contributed by atoms with van der Waals surface area (Å²) in [5.74, 6) is -0.807. The van der Waals surface area contributed by atoms with E-state index in [-0.39, 0.29) is 5.92 Å². The lowest BCUT2D eigenvalue weighted by molar-refractivity contribution is -0.143. The Morgan fingerprint density at radius 2 is 2.29 bits per heavy atom. The van der Waals surface area contributed by atoms with Crippen LogP contribution in [0.4, 0.5) is 0 Å². The molecule has 4 heteroatoms. The second-order valence-electron chi connectivity index (χ2n) is 4.19. The third kappa shape index (κ3) is 2.07. The molecular weight excluding hydrogens is 182 g/mol. The number of ether oxygens (including phenoxy) is 1. The maximum Gasteiger partial charge on any atom is 0.307 e. The molecule has 1 N–H and O–H groups in total. The van der Waals surface area contributed by atoms with Gasteiger partial charge in [0, 0.05) is 19.2 Å². The number of aliphatic carboxylic acids is 1. The van der Waals surface area contributed by atoms with Gasteiger partial charge < -0.3 is 9.84 Å². The van der Waals surface area contributed by atoms with Crippen molar-refractivity contribution in [2.45, 2.75) is 25.3 Å². The molecule has 2 heterocycles. The molecule has 0 saturated carbocycles. The molecular formula is C10H17NO3. The Balaban J connectivity index is 1.89. The maximum absolute atomic E-state index is 10.9. The molecule has 2 aliphatic rings. The van der Waals surface area contributed by atoms with Crippen LogP contribution >= 0.6 is 0 Å². The van der Waals surface area contributed by atoms with Crippen molar-refractivity contribution in [3.8, 4) is 0 Å². The van der Waals surface area contributed by atoms with Crippen molar-refractivity contribution in [2.75, 3.05) is 26.3 Å². The molecule has 4 nitrogen and oxygen atoms in total. The van der Waals surface area contributed by atoms with E-state index < -0.39 is 5.97 Å². The predicted octanol–water partition coefficient (Wildman–Crippen LogP) is 0.572. The lowest BCUT2D eigenvalue weighted by Crippen LogP contribution is -2.44. The van der Waals surface area contributed by atoms with Gasteiger partial charge >= 0.3 is 5.97 Å². The molecule has 0 aliphatic carbocycles. The van der Waals surface area contributed by atoms with Crippen LogP contribution in [0.1, 0.15) is 19.3 Å². The summed E-state index contributed by atoms with van der Waals surface area (Å²) in [6.45, 7) is 3.37. The molecule has 0 aromatic heterocycles. The van der Waals surface area contributed by atoms with Crippen LogP contribution in [0.3, 0.4) is 0 Å². The van der Waals surface area contributed by atoms with Gasteiger partial charge in [0.25, 0.3) is 0 Å². The van der Waals surface area contributed by atoms with Crippen LogP contribution in [0, 0.1) is 5.92 Å². The normalized spacial score (nSPS) is 34.6. The molecule has 2 unspecified atom stereocenters. The number of nitrogens with zero attached hydrogens (tertiary/aromatic N) is 1. The average Bonchev–Trinajstić information content (AvgIpc) is 2.71. The van der Waals surface area contributed by atoms with Crippen LogP contribution in [0.5, 0.6) is 0 Å². The van der Waals surface area contributed by atoms with E-state index in [1.54, 1.807) is 0 Å². The molecule has 2 aliphatic heterocycles. The molecule has 0 aromatic rings. The monoisotopic (exact) mass is 199 g/mol. The van der Waals surface area contributed by atoms with Crippen LogP contribution in [0.2, 0.25) is 0 Å². The molecule has 2 rings (SSSR count). The summed E-state index contributed by atoms with van der Waals surface area (Å²) in [4.78, 5) is 13.1. The summed E-state index contributed by atoms with van der Waals surface area (Å²) < 4.78 is 5.32. The highest BCUT2D eigenvalue weighted by Crippen LogP contribution is 2.22. The lowest BCUT2D eigenvalue weighted by Gasteiger charge is -2.34. The van der Waals surface area contributed by atoms with Crippen LogP contribution in [0.25, 0.3) is 0 Å². The van der Waals surface area contributed by atoms with Crippen LogP contribution in [0.15, 0.2) is 0 Å². The molecule has 0 bridgehead atoms. The van der Waals surface area contributed by atoms with E-state index in [2.05, 4.69) is 4.90 Å². The van der Waals surface area contributed by atoms with E-state index in [0.29, 0.717) is 12.6 Å². The summed E-state index contributed by atoms with van der Waals surface area (Å²) in [5.41, 5.74) is 0. The van der Waals surface area contributed by atoms with Gasteiger partial charge in [-0.1, -0.05) is 0 Å². The fourth-order valence-corrected chi connectivity index (χ4v) is 2.35. The van der Waals surface area contributed by atoms with Gasteiger partial charge in [0.1, 0.15) is 0 Å². The zero-order chi connectivity index (χ0) is 9.97. The first-order valence-electron chi connectivity index (χ1n) is 5.32. The first-order chi connectivity index (χ1) is 6.77. The molecule has 0 aromatic carbocycles. The molecule has 0 amide bonds. The quantitative estimate of drug-likeness (QED) is 0.706. The summed E-state index contributed by atoms with van der Waals surface area (Å²) in [6, 6.07) is 0.470. The summed E-state index contributed by atoms with van der Waals surface area (Å²) in [6.07, 6.45) is 2.90. The number of rotatable bonds is 2. The summed E-state index contributed by atoms with van der Waals surface area (Å²) >= 11 is 0. The fraction of sp³-hybridized carbons (Fsp3) is 0.900. The minimum atomic E-state index is -0.645. The van der Waals surface area contributed by atoms with Crippen LogP contribution in [-0.4, -0.2) is 48.3 Å². The van der Waals surface area contributed by atoms with Crippen molar-refractivity contribution in [3.63, 3.8) is 0 Å². The third-order valence-electron chi connectivity index (χ3n) is 3.22. The number of carboxylic acids is 1. The Hall–Kier alpha value is -0.610. The Morgan fingerprint density at radius 3 is 2.93 bits per heavy atom. The Kier molecular flexibility index (Phi) is 3.03. The van der Waals surface area contributed by atoms with Gasteiger partial charge in [-0.2, -0.15) is 0 Å². The Morgan fingerprint density at radius 1 is 1.43 bits per heavy atom. The molecule has 0 spiro atoms. The Labute approximate surface area is 83.8 Å². The lowest BCUT2D eigenvalue weighted by atomic mass is 9.97. The van der Waals surface area contributed by atoms with Crippen molar-refractivity contribution < 1.29 is 14.6 Å². The van der Waals surface area contributed by atoms with Gasteiger partial charge in [0.05, 0.1) is 12.5 Å². The van der Waals surface area contributed by atoms with E-state index >= 15 is 0 Å². The first kappa shape index (κ1) is 9.93. The largest absolute Gasteiger partial charge is 0.481 e. The van der Waals surface area contributed by atoms with Gasteiger partial charge in [0.2, 0.25) is 0 Å². The zero-order valence-electron chi connectivity index (χ0n) is 8.32. The van der Waals surface area contributed by atoms with Gasteiger partial charge in [-0.3, -0.25) is 9.69 Å². The SMILES string of the molecule is O=C(O)C1CCCN(C2CCOC2)C1. The van der Waals surface area contributed by atoms with Crippen LogP contribution < -0.4 is 0 Å². The highest BCUT2D eigenvalue weighted by molar-refractivity contribution is 5.70. The third-order valence-corrected chi connectivity index (χ3v) is 3.22. The van der Waals surface area contributed by atoms with Gasteiger partial charge in [-0.05, 0) is 25.8 Å². The van der Waals surface area contributed by atoms with Crippen molar-refractivity contribution >= 4 is 5.97 Å². The fourth-order valence-electron chi connectivity index (χ4n) is 2.35. The van der Waals surface area contributed by atoms with Gasteiger partial charge in [0.15, 0.2) is 0 Å². The zero-order valence-corrected chi connectivity index (χ0v) is 8.32. The number of carbonyl (C=O) groups is 1. The molecule has 0 radical (unpaired) electrons. The van der Waals surface area contributed by atoms with Crippen LogP contribution in [-0.2, 0) is 9.53 Å². The number of hydrogen-bond acceptors (Lipinski definition) is 3. The van der Waals surface area contributed by atoms with Gasteiger partial charge in [-0.25, -0.2) is 0 Å². The summed E-state index contributed by atoms with van der Waals surface area (Å²) in [5, 5.41) is 8.94. The predicted molar refractivity (Wildman–Crippen MR) is 51.2 cm³/mol. The molecule has 2 fully saturated rings. The molecule has 2 atom stereocenters. The second kappa shape index (κ2) is 4.28. The molecule has 14 heavy (non-hydrogen) atoms. The highest BCUT2D eigenvalue weighted by Gasteiger charge is 2.31. The van der Waals surface area contributed by atoms with Crippen molar-refractivity contribution in [1.29, 1.82) is 0 Å². The number of likely N-dealkylation sites (tertiary alicyclic amines) is 1. The van der Waals surface area contributed by atoms with Gasteiger partial charge in [-0.15, -0.1) is 0 Å². The minimum Gasteiger partial charge on any atom is -0.481 e. The van der Waals surface area contributed by atoms with E-state index in [9.17, 15) is 4.79 Å². The van der Waals surface area contributed by atoms with Crippen molar-refractivity contribution in [2.24, 2.45) is 5.92 Å². The maximum atomic E-state index is 10.9. The van der Waals surface area contributed by atoms with E-state index in [1.165, 1.54) is 0 Å². The van der Waals surface area contributed by atoms with Crippen molar-refractivity contribution in [1.82, 2.24) is 4.90 Å². The standard InChI is InChI=1S/C10H17NO3/c12-10(13)8-2-1-4-11(6-8)9-3-5-14-7-9/h8-9H,1-7H2,(H,12,13). The number of carboxylic acid groups (broad SMARTS) is 1. The Bertz CT molecular complexity index is 213. The average molecular weight is 199 g/mol. The van der Waals surface area contributed by atoms with E-state index in [0.717, 1.165) is 39.0 Å². The number of hydrogen-bond donors (Lipinski definition) is 1. The molecule has 2 saturated heterocycles. The smallest absolute Gasteiger partial charge is 0.307 e. The first-order valence-corrected chi connectivity index (χ1v) is 5.32. The second-order valence-corrected chi connectivity index (χ2v) is 4.19.